The highest BCUT2D eigenvalue weighted by Gasteiger charge is 2.33. The highest BCUT2D eigenvalue weighted by Crippen LogP contribution is 2.26. The van der Waals surface area contributed by atoms with Crippen molar-refractivity contribution in [2.24, 2.45) is 5.92 Å². The molecule has 1 aliphatic heterocycles. The fourth-order valence-electron chi connectivity index (χ4n) is 3.42. The summed E-state index contributed by atoms with van der Waals surface area (Å²) in [4.78, 5) is 32.2. The Hall–Kier alpha value is -2.89. The van der Waals surface area contributed by atoms with E-state index in [4.69, 9.17) is 0 Å². The van der Waals surface area contributed by atoms with Crippen LogP contribution in [0.1, 0.15) is 30.1 Å². The predicted molar refractivity (Wildman–Crippen MR) is 105 cm³/mol. The second-order valence-corrected chi connectivity index (χ2v) is 7.32. The van der Waals surface area contributed by atoms with E-state index < -0.39 is 11.9 Å². The van der Waals surface area contributed by atoms with E-state index in [1.165, 1.54) is 0 Å². The number of likely N-dealkylation sites (tertiary alicyclic amines) is 1. The number of hydrogen-bond acceptors (Lipinski definition) is 4. The molecule has 2 aromatic rings. The predicted octanol–water partition coefficient (Wildman–Crippen LogP) is 3.14. The van der Waals surface area contributed by atoms with Gasteiger partial charge in [-0.15, -0.1) is 0 Å². The first-order valence-corrected chi connectivity index (χ1v) is 9.13. The van der Waals surface area contributed by atoms with Gasteiger partial charge in [0.1, 0.15) is 0 Å². The van der Waals surface area contributed by atoms with Crippen molar-refractivity contribution < 1.29 is 14.7 Å². The lowest BCUT2D eigenvalue weighted by Crippen LogP contribution is -2.47. The zero-order chi connectivity index (χ0) is 19.6. The van der Waals surface area contributed by atoms with Gasteiger partial charge in [-0.25, -0.2) is 0 Å². The Morgan fingerprint density at radius 1 is 1.11 bits per heavy atom. The van der Waals surface area contributed by atoms with Gasteiger partial charge in [0.15, 0.2) is 0 Å². The molecule has 1 saturated heterocycles. The van der Waals surface area contributed by atoms with E-state index in [2.05, 4.69) is 4.98 Å². The van der Waals surface area contributed by atoms with Crippen LogP contribution in [0.5, 0.6) is 0 Å². The topological polar surface area (TPSA) is 73.7 Å². The Morgan fingerprint density at radius 3 is 2.44 bits per heavy atom. The molecule has 6 nitrogen and oxygen atoms in total. The molecule has 1 aliphatic rings. The molecular weight excluding hydrogens is 342 g/mol. The quantitative estimate of drug-likeness (QED) is 0.899. The van der Waals surface area contributed by atoms with E-state index in [9.17, 15) is 14.7 Å². The minimum absolute atomic E-state index is 0.0242. The first-order chi connectivity index (χ1) is 12.9. The molecule has 0 bridgehead atoms. The van der Waals surface area contributed by atoms with Crippen LogP contribution in [0.3, 0.4) is 0 Å². The maximum Gasteiger partial charge on any atom is 0.308 e. The lowest BCUT2D eigenvalue weighted by Gasteiger charge is -2.36. The van der Waals surface area contributed by atoms with Gasteiger partial charge in [-0.1, -0.05) is 12.1 Å². The standard InChI is InChI=1S/C21H25N3O3/c1-14-4-5-16(21(26)27)13-24(14)20(25)18-10-17(11-22-12-18)15-6-8-19(9-7-15)23(2)3/h6-12,14,16H,4-5,13H2,1-3H3,(H,26,27). The van der Waals surface area contributed by atoms with Gasteiger partial charge in [-0.3, -0.25) is 14.6 Å². The minimum Gasteiger partial charge on any atom is -0.481 e. The highest BCUT2D eigenvalue weighted by molar-refractivity contribution is 5.95. The second-order valence-electron chi connectivity index (χ2n) is 7.32. The molecule has 1 amide bonds. The smallest absolute Gasteiger partial charge is 0.308 e. The van der Waals surface area contributed by atoms with Gasteiger partial charge in [0.2, 0.25) is 0 Å². The summed E-state index contributed by atoms with van der Waals surface area (Å²) in [6.45, 7) is 2.21. The third-order valence-corrected chi connectivity index (χ3v) is 5.19. The Kier molecular flexibility index (Phi) is 5.44. The number of aliphatic carboxylic acids is 1. The van der Waals surface area contributed by atoms with Crippen molar-refractivity contribution in [3.8, 4) is 11.1 Å². The van der Waals surface area contributed by atoms with Gasteiger partial charge >= 0.3 is 5.97 Å². The van der Waals surface area contributed by atoms with Crippen LogP contribution in [0.4, 0.5) is 5.69 Å². The summed E-state index contributed by atoms with van der Waals surface area (Å²) in [5.74, 6) is -1.50. The number of benzene rings is 1. The molecule has 0 saturated carbocycles. The lowest BCUT2D eigenvalue weighted by atomic mass is 9.93. The molecule has 2 heterocycles. The molecule has 0 spiro atoms. The Labute approximate surface area is 159 Å². The molecule has 2 unspecified atom stereocenters. The van der Waals surface area contributed by atoms with Crippen molar-refractivity contribution in [3.63, 3.8) is 0 Å². The number of nitrogens with zero attached hydrogens (tertiary/aromatic N) is 3. The number of carbonyl (C=O) groups is 2. The van der Waals surface area contributed by atoms with Gasteiger partial charge in [-0.2, -0.15) is 0 Å². The third-order valence-electron chi connectivity index (χ3n) is 5.19. The van der Waals surface area contributed by atoms with Crippen LogP contribution in [0.15, 0.2) is 42.7 Å². The monoisotopic (exact) mass is 367 g/mol. The number of piperidine rings is 1. The van der Waals surface area contributed by atoms with Crippen molar-refractivity contribution in [2.45, 2.75) is 25.8 Å². The highest BCUT2D eigenvalue weighted by atomic mass is 16.4. The number of hydrogen-bond donors (Lipinski definition) is 1. The van der Waals surface area contributed by atoms with Crippen LogP contribution in [-0.4, -0.2) is 53.5 Å². The Bertz CT molecular complexity index is 833. The van der Waals surface area contributed by atoms with Gasteiger partial charge in [0, 0.05) is 50.3 Å². The number of rotatable bonds is 4. The van der Waals surface area contributed by atoms with Crippen molar-refractivity contribution >= 4 is 17.6 Å². The molecule has 3 rings (SSSR count). The number of aromatic nitrogens is 1. The van der Waals surface area contributed by atoms with E-state index in [1.807, 2.05) is 56.3 Å². The van der Waals surface area contributed by atoms with E-state index in [1.54, 1.807) is 17.3 Å². The van der Waals surface area contributed by atoms with Gasteiger partial charge in [0.25, 0.3) is 5.91 Å². The average Bonchev–Trinajstić information content (AvgIpc) is 2.68. The van der Waals surface area contributed by atoms with Crippen molar-refractivity contribution in [1.29, 1.82) is 0 Å². The second kappa shape index (κ2) is 7.78. The van der Waals surface area contributed by atoms with Gasteiger partial charge < -0.3 is 14.9 Å². The molecule has 142 valence electrons. The van der Waals surface area contributed by atoms with Crippen LogP contribution < -0.4 is 4.90 Å². The third kappa shape index (κ3) is 4.10. The SMILES string of the molecule is CC1CCC(C(=O)O)CN1C(=O)c1cncc(-c2ccc(N(C)C)cc2)c1. The fraction of sp³-hybridized carbons (Fsp3) is 0.381. The molecule has 2 atom stereocenters. The van der Waals surface area contributed by atoms with Crippen molar-refractivity contribution in [2.75, 3.05) is 25.5 Å². The molecule has 27 heavy (non-hydrogen) atoms. The number of pyridine rings is 1. The molecule has 0 radical (unpaired) electrons. The lowest BCUT2D eigenvalue weighted by molar-refractivity contribution is -0.143. The summed E-state index contributed by atoms with van der Waals surface area (Å²) < 4.78 is 0. The Morgan fingerprint density at radius 2 is 1.81 bits per heavy atom. The van der Waals surface area contributed by atoms with E-state index in [0.29, 0.717) is 18.4 Å². The van der Waals surface area contributed by atoms with Crippen LogP contribution in [-0.2, 0) is 4.79 Å². The first-order valence-electron chi connectivity index (χ1n) is 9.13. The molecule has 1 aromatic heterocycles. The fourth-order valence-corrected chi connectivity index (χ4v) is 3.42. The van der Waals surface area contributed by atoms with Crippen LogP contribution >= 0.6 is 0 Å². The molecule has 1 N–H and O–H groups in total. The molecule has 0 aliphatic carbocycles. The molecular formula is C21H25N3O3. The summed E-state index contributed by atoms with van der Waals surface area (Å²) in [5, 5.41) is 9.30. The molecule has 1 fully saturated rings. The first kappa shape index (κ1) is 18.9. The number of carboxylic acids is 1. The minimum atomic E-state index is -0.840. The summed E-state index contributed by atoms with van der Waals surface area (Å²) in [6.07, 6.45) is 4.59. The maximum absolute atomic E-state index is 13.0. The number of amides is 1. The van der Waals surface area contributed by atoms with Crippen LogP contribution in [0, 0.1) is 5.92 Å². The molecule has 1 aromatic carbocycles. The maximum atomic E-state index is 13.0. The summed E-state index contributed by atoms with van der Waals surface area (Å²) in [7, 11) is 3.97. The van der Waals surface area contributed by atoms with Crippen LogP contribution in [0.25, 0.3) is 11.1 Å². The van der Waals surface area contributed by atoms with Crippen molar-refractivity contribution in [1.82, 2.24) is 9.88 Å². The zero-order valence-electron chi connectivity index (χ0n) is 15.9. The number of carboxylic acid groups (broad SMARTS) is 1. The number of anilines is 1. The zero-order valence-corrected chi connectivity index (χ0v) is 15.9. The van der Waals surface area contributed by atoms with Crippen molar-refractivity contribution in [3.05, 3.63) is 48.3 Å². The van der Waals surface area contributed by atoms with Gasteiger partial charge in [-0.05, 0) is 43.5 Å². The Balaban J connectivity index is 1.84. The summed E-state index contributed by atoms with van der Waals surface area (Å²) >= 11 is 0. The average molecular weight is 367 g/mol. The summed E-state index contributed by atoms with van der Waals surface area (Å²) in [5.41, 5.74) is 3.44. The van der Waals surface area contributed by atoms with Crippen LogP contribution in [0.2, 0.25) is 0 Å². The number of carbonyl (C=O) groups excluding carboxylic acids is 1. The van der Waals surface area contributed by atoms with E-state index in [0.717, 1.165) is 16.8 Å². The normalized spacial score (nSPS) is 19.6. The molecule has 6 heteroatoms. The van der Waals surface area contributed by atoms with Gasteiger partial charge in [0.05, 0.1) is 11.5 Å². The largest absolute Gasteiger partial charge is 0.481 e. The van der Waals surface area contributed by atoms with E-state index >= 15 is 0 Å². The van der Waals surface area contributed by atoms with E-state index in [-0.39, 0.29) is 18.5 Å². The summed E-state index contributed by atoms with van der Waals surface area (Å²) in [6, 6.07) is 9.91.